The molecule has 1 saturated carbocycles. The lowest BCUT2D eigenvalue weighted by atomic mass is 10.1. The van der Waals surface area contributed by atoms with E-state index in [9.17, 15) is 5.11 Å². The third kappa shape index (κ3) is 4.20. The lowest BCUT2D eigenvalue weighted by molar-refractivity contribution is 0.144. The molecule has 0 heterocycles. The summed E-state index contributed by atoms with van der Waals surface area (Å²) < 4.78 is 0. The molecule has 0 aromatic heterocycles. The van der Waals surface area contributed by atoms with E-state index in [0.29, 0.717) is 10.0 Å². The van der Waals surface area contributed by atoms with Crippen molar-refractivity contribution in [1.29, 1.82) is 0 Å². The second-order valence-electron chi connectivity index (χ2n) is 4.59. The van der Waals surface area contributed by atoms with Crippen molar-refractivity contribution >= 4 is 41.3 Å². The molecule has 1 aliphatic rings. The molecule has 0 unspecified atom stereocenters. The summed E-state index contributed by atoms with van der Waals surface area (Å²) >= 11 is 11.8. The number of hydrogen-bond donors (Lipinski definition) is 2. The predicted molar refractivity (Wildman–Crippen MR) is 80.2 cm³/mol. The molecular weight excluding hydrogens is 293 g/mol. The van der Waals surface area contributed by atoms with E-state index < -0.39 is 0 Å². The van der Waals surface area contributed by atoms with Crippen LogP contribution in [-0.4, -0.2) is 17.3 Å². The second-order valence-corrected chi connectivity index (χ2v) is 5.40. The SMILES string of the molecule is Cl.O[C@@H]1CCCCC[C@H]1Nc1ccc(Cl)c(Cl)c1. The maximum atomic E-state index is 10.0. The number of halogens is 3. The molecular formula is C13H18Cl3NO. The minimum absolute atomic E-state index is 0. The molecule has 0 spiro atoms. The molecule has 0 saturated heterocycles. The summed E-state index contributed by atoms with van der Waals surface area (Å²) in [5, 5.41) is 14.5. The number of nitrogens with one attached hydrogen (secondary N) is 1. The highest BCUT2D eigenvalue weighted by Crippen LogP contribution is 2.27. The van der Waals surface area contributed by atoms with Crippen molar-refractivity contribution in [3.05, 3.63) is 28.2 Å². The lowest BCUT2D eigenvalue weighted by Crippen LogP contribution is -2.32. The summed E-state index contributed by atoms with van der Waals surface area (Å²) in [4.78, 5) is 0. The van der Waals surface area contributed by atoms with Crippen LogP contribution in [0.15, 0.2) is 18.2 Å². The molecule has 1 aromatic carbocycles. The van der Waals surface area contributed by atoms with Crippen molar-refractivity contribution in [3.63, 3.8) is 0 Å². The van der Waals surface area contributed by atoms with Crippen molar-refractivity contribution in [2.75, 3.05) is 5.32 Å². The van der Waals surface area contributed by atoms with Crippen LogP contribution in [0.3, 0.4) is 0 Å². The van der Waals surface area contributed by atoms with Crippen molar-refractivity contribution in [3.8, 4) is 0 Å². The first-order valence-corrected chi connectivity index (χ1v) is 6.82. The second kappa shape index (κ2) is 7.44. The van der Waals surface area contributed by atoms with Crippen LogP contribution < -0.4 is 5.32 Å². The average molecular weight is 311 g/mol. The van der Waals surface area contributed by atoms with Gasteiger partial charge in [0, 0.05) is 5.69 Å². The van der Waals surface area contributed by atoms with Gasteiger partial charge in [0.25, 0.3) is 0 Å². The maximum absolute atomic E-state index is 10.0. The van der Waals surface area contributed by atoms with E-state index in [4.69, 9.17) is 23.2 Å². The molecule has 5 heteroatoms. The topological polar surface area (TPSA) is 32.3 Å². The normalized spacial score (nSPS) is 23.9. The molecule has 0 aliphatic heterocycles. The number of aliphatic hydroxyl groups is 1. The fourth-order valence-corrected chi connectivity index (χ4v) is 2.55. The molecule has 0 amide bonds. The Kier molecular flexibility index (Phi) is 6.58. The molecule has 2 N–H and O–H groups in total. The van der Waals surface area contributed by atoms with Crippen LogP contribution in [-0.2, 0) is 0 Å². The first-order chi connectivity index (χ1) is 8.16. The minimum Gasteiger partial charge on any atom is -0.391 e. The van der Waals surface area contributed by atoms with Gasteiger partial charge in [-0.3, -0.25) is 0 Å². The van der Waals surface area contributed by atoms with Gasteiger partial charge in [0.2, 0.25) is 0 Å². The van der Waals surface area contributed by atoms with Crippen molar-refractivity contribution in [2.45, 2.75) is 44.2 Å². The van der Waals surface area contributed by atoms with Crippen molar-refractivity contribution in [1.82, 2.24) is 0 Å². The number of aliphatic hydroxyl groups excluding tert-OH is 1. The van der Waals surface area contributed by atoms with Gasteiger partial charge in [0.15, 0.2) is 0 Å². The number of hydrogen-bond acceptors (Lipinski definition) is 2. The summed E-state index contributed by atoms with van der Waals surface area (Å²) in [5.74, 6) is 0. The highest BCUT2D eigenvalue weighted by atomic mass is 35.5. The van der Waals surface area contributed by atoms with Gasteiger partial charge in [-0.15, -0.1) is 12.4 Å². The van der Waals surface area contributed by atoms with Crippen LogP contribution in [0.4, 0.5) is 5.69 Å². The Morgan fingerprint density at radius 3 is 2.50 bits per heavy atom. The Labute approximate surface area is 124 Å². The van der Waals surface area contributed by atoms with E-state index in [1.54, 1.807) is 6.07 Å². The predicted octanol–water partition coefficient (Wildman–Crippen LogP) is 4.52. The van der Waals surface area contributed by atoms with E-state index >= 15 is 0 Å². The van der Waals surface area contributed by atoms with E-state index in [0.717, 1.165) is 31.4 Å². The summed E-state index contributed by atoms with van der Waals surface area (Å²) in [6.07, 6.45) is 5.08. The monoisotopic (exact) mass is 309 g/mol. The Bertz CT molecular complexity index is 386. The van der Waals surface area contributed by atoms with E-state index in [1.807, 2.05) is 12.1 Å². The molecule has 2 nitrogen and oxygen atoms in total. The lowest BCUT2D eigenvalue weighted by Gasteiger charge is -2.23. The molecule has 2 atom stereocenters. The third-order valence-electron chi connectivity index (χ3n) is 3.25. The van der Waals surface area contributed by atoms with Crippen LogP contribution in [0.2, 0.25) is 10.0 Å². The Morgan fingerprint density at radius 1 is 1.06 bits per heavy atom. The zero-order valence-corrected chi connectivity index (χ0v) is 12.4. The minimum atomic E-state index is -0.271. The molecule has 1 aromatic rings. The summed E-state index contributed by atoms with van der Waals surface area (Å²) in [7, 11) is 0. The smallest absolute Gasteiger partial charge is 0.0741 e. The van der Waals surface area contributed by atoms with Crippen LogP contribution in [0.5, 0.6) is 0 Å². The van der Waals surface area contributed by atoms with Gasteiger partial charge in [-0.25, -0.2) is 0 Å². The molecule has 0 radical (unpaired) electrons. The highest BCUT2D eigenvalue weighted by molar-refractivity contribution is 6.42. The molecule has 18 heavy (non-hydrogen) atoms. The zero-order chi connectivity index (χ0) is 12.3. The summed E-state index contributed by atoms with van der Waals surface area (Å²) in [5.41, 5.74) is 0.922. The fraction of sp³-hybridized carbons (Fsp3) is 0.538. The standard InChI is InChI=1S/C13H17Cl2NO.ClH/c14-10-7-6-9(8-11(10)15)16-12-4-2-1-3-5-13(12)17;/h6-8,12-13,16-17H,1-5H2;1H/t12-,13-;/m1./s1. The average Bonchev–Trinajstić information content (AvgIpc) is 2.50. The van der Waals surface area contributed by atoms with Crippen molar-refractivity contribution in [2.24, 2.45) is 0 Å². The number of rotatable bonds is 2. The zero-order valence-electron chi connectivity index (χ0n) is 10.0. The van der Waals surface area contributed by atoms with Gasteiger partial charge >= 0.3 is 0 Å². The van der Waals surface area contributed by atoms with Gasteiger partial charge in [0.05, 0.1) is 22.2 Å². The van der Waals surface area contributed by atoms with E-state index in [1.165, 1.54) is 6.42 Å². The summed E-state index contributed by atoms with van der Waals surface area (Å²) in [6.45, 7) is 0. The third-order valence-corrected chi connectivity index (χ3v) is 3.99. The van der Waals surface area contributed by atoms with Gasteiger partial charge in [-0.05, 0) is 31.0 Å². The van der Waals surface area contributed by atoms with Crippen LogP contribution in [0.1, 0.15) is 32.1 Å². The first-order valence-electron chi connectivity index (χ1n) is 6.06. The van der Waals surface area contributed by atoms with Crippen LogP contribution in [0.25, 0.3) is 0 Å². The molecule has 102 valence electrons. The van der Waals surface area contributed by atoms with Gasteiger partial charge in [-0.1, -0.05) is 42.5 Å². The fourth-order valence-electron chi connectivity index (χ4n) is 2.26. The van der Waals surface area contributed by atoms with Gasteiger partial charge in [0.1, 0.15) is 0 Å². The van der Waals surface area contributed by atoms with Crippen LogP contribution >= 0.6 is 35.6 Å². The maximum Gasteiger partial charge on any atom is 0.0741 e. The van der Waals surface area contributed by atoms with E-state index in [-0.39, 0.29) is 24.6 Å². The Hall–Kier alpha value is -0.150. The number of benzene rings is 1. The summed E-state index contributed by atoms with van der Waals surface area (Å²) in [6, 6.07) is 5.59. The van der Waals surface area contributed by atoms with Crippen molar-refractivity contribution < 1.29 is 5.11 Å². The Morgan fingerprint density at radius 2 is 1.78 bits per heavy atom. The molecule has 1 fully saturated rings. The van der Waals surface area contributed by atoms with E-state index in [2.05, 4.69) is 5.32 Å². The molecule has 2 rings (SSSR count). The quantitative estimate of drug-likeness (QED) is 0.787. The highest BCUT2D eigenvalue weighted by Gasteiger charge is 2.21. The number of anilines is 1. The molecule has 1 aliphatic carbocycles. The molecule has 0 bridgehead atoms. The Balaban J connectivity index is 0.00000162. The van der Waals surface area contributed by atoms with Gasteiger partial charge in [-0.2, -0.15) is 0 Å². The van der Waals surface area contributed by atoms with Gasteiger partial charge < -0.3 is 10.4 Å². The largest absolute Gasteiger partial charge is 0.391 e. The first kappa shape index (κ1) is 15.9. The van der Waals surface area contributed by atoms with Crippen LogP contribution in [0, 0.1) is 0 Å².